The van der Waals surface area contributed by atoms with Crippen LogP contribution in [0.5, 0.6) is 5.75 Å². The Bertz CT molecular complexity index is 293. The van der Waals surface area contributed by atoms with Gasteiger partial charge in [-0.2, -0.15) is 0 Å². The third kappa shape index (κ3) is 3.69. The van der Waals surface area contributed by atoms with E-state index >= 15 is 0 Å². The van der Waals surface area contributed by atoms with E-state index in [2.05, 4.69) is 36.5 Å². The highest BCUT2D eigenvalue weighted by Crippen LogP contribution is 2.16. The molecule has 0 saturated carbocycles. The lowest BCUT2D eigenvalue weighted by atomic mass is 10.1. The summed E-state index contributed by atoms with van der Waals surface area (Å²) >= 11 is 0. The van der Waals surface area contributed by atoms with Gasteiger partial charge in [0.05, 0.1) is 0 Å². The first-order valence-corrected chi connectivity index (χ1v) is 5.85. The molecule has 1 aliphatic rings. The van der Waals surface area contributed by atoms with Crippen LogP contribution in [0.25, 0.3) is 0 Å². The number of hydrogen-bond donors (Lipinski definition) is 1. The van der Waals surface area contributed by atoms with Gasteiger partial charge in [0.1, 0.15) is 11.9 Å². The Labute approximate surface area is 104 Å². The summed E-state index contributed by atoms with van der Waals surface area (Å²) < 4.78 is 5.85. The topological polar surface area (TPSA) is 21.3 Å². The van der Waals surface area contributed by atoms with Crippen molar-refractivity contribution < 1.29 is 4.74 Å². The van der Waals surface area contributed by atoms with Gasteiger partial charge in [-0.1, -0.05) is 25.5 Å². The zero-order chi connectivity index (χ0) is 10.5. The van der Waals surface area contributed by atoms with E-state index in [-0.39, 0.29) is 12.4 Å². The molecule has 1 aromatic rings. The van der Waals surface area contributed by atoms with Crippen molar-refractivity contribution in [3.05, 3.63) is 29.8 Å². The number of rotatable bonds is 4. The molecule has 1 aliphatic heterocycles. The largest absolute Gasteiger partial charge is 0.489 e. The number of hydrogen-bond acceptors (Lipinski definition) is 2. The molecule has 0 aliphatic carbocycles. The monoisotopic (exact) mass is 241 g/mol. The normalized spacial score (nSPS) is 19.2. The number of nitrogens with one attached hydrogen (secondary N) is 1. The first-order chi connectivity index (χ1) is 7.38. The molecule has 1 heterocycles. The lowest BCUT2D eigenvalue weighted by molar-refractivity contribution is 0.223. The molecule has 1 unspecified atom stereocenters. The van der Waals surface area contributed by atoms with Crippen LogP contribution in [0.2, 0.25) is 0 Å². The molecule has 1 fully saturated rings. The van der Waals surface area contributed by atoms with Crippen LogP contribution in [0, 0.1) is 0 Å². The summed E-state index contributed by atoms with van der Waals surface area (Å²) in [5.74, 6) is 1.00. The van der Waals surface area contributed by atoms with Crippen molar-refractivity contribution in [3.63, 3.8) is 0 Å². The van der Waals surface area contributed by atoms with E-state index in [0.717, 1.165) is 31.7 Å². The molecule has 0 spiro atoms. The molecule has 2 rings (SSSR count). The summed E-state index contributed by atoms with van der Waals surface area (Å²) in [7, 11) is 0. The third-order valence-electron chi connectivity index (χ3n) is 2.78. The molecular weight excluding hydrogens is 222 g/mol. The lowest BCUT2D eigenvalue weighted by Gasteiger charge is -2.12. The first kappa shape index (κ1) is 13.3. The number of halogens is 1. The maximum absolute atomic E-state index is 5.85. The lowest BCUT2D eigenvalue weighted by Crippen LogP contribution is -2.19. The van der Waals surface area contributed by atoms with Crippen LogP contribution in [-0.4, -0.2) is 19.2 Å². The average Bonchev–Trinajstić information content (AvgIpc) is 2.74. The van der Waals surface area contributed by atoms with Gasteiger partial charge in [-0.25, -0.2) is 0 Å². The summed E-state index contributed by atoms with van der Waals surface area (Å²) in [6.45, 7) is 4.27. The first-order valence-electron chi connectivity index (χ1n) is 5.85. The minimum absolute atomic E-state index is 0. The number of ether oxygens (including phenoxy) is 1. The second-order valence-electron chi connectivity index (χ2n) is 4.13. The van der Waals surface area contributed by atoms with Gasteiger partial charge in [-0.3, -0.25) is 0 Å². The summed E-state index contributed by atoms with van der Waals surface area (Å²) in [5.41, 5.74) is 1.40. The Morgan fingerprint density at radius 3 is 2.62 bits per heavy atom. The Morgan fingerprint density at radius 1 is 1.31 bits per heavy atom. The van der Waals surface area contributed by atoms with Crippen LogP contribution >= 0.6 is 12.4 Å². The molecule has 1 N–H and O–H groups in total. The molecule has 3 heteroatoms. The molecular formula is C13H20ClNO. The fourth-order valence-corrected chi connectivity index (χ4v) is 1.94. The Hall–Kier alpha value is -0.730. The van der Waals surface area contributed by atoms with Gasteiger partial charge in [0.15, 0.2) is 0 Å². The van der Waals surface area contributed by atoms with Gasteiger partial charge >= 0.3 is 0 Å². The third-order valence-corrected chi connectivity index (χ3v) is 2.78. The molecule has 1 atom stereocenters. The van der Waals surface area contributed by atoms with Crippen LogP contribution in [0.15, 0.2) is 24.3 Å². The Kier molecular flexibility index (Phi) is 5.64. The number of benzene rings is 1. The molecule has 1 saturated heterocycles. The van der Waals surface area contributed by atoms with E-state index in [9.17, 15) is 0 Å². The standard InChI is InChI=1S/C13H19NO.ClH/c1-2-3-11-4-6-12(7-5-11)15-13-8-9-14-10-13;/h4-7,13-14H,2-3,8-10H2,1H3;1H. The molecule has 2 nitrogen and oxygen atoms in total. The van der Waals surface area contributed by atoms with Crippen molar-refractivity contribution in [2.24, 2.45) is 0 Å². The predicted octanol–water partition coefficient (Wildman–Crippen LogP) is 2.80. The van der Waals surface area contributed by atoms with Gasteiger partial charge in [0.25, 0.3) is 0 Å². The fraction of sp³-hybridized carbons (Fsp3) is 0.538. The zero-order valence-electron chi connectivity index (χ0n) is 9.74. The molecule has 0 bridgehead atoms. The van der Waals surface area contributed by atoms with Gasteiger partial charge in [0, 0.05) is 6.54 Å². The van der Waals surface area contributed by atoms with Crippen LogP contribution in [0.1, 0.15) is 25.3 Å². The predicted molar refractivity (Wildman–Crippen MR) is 69.6 cm³/mol. The fourth-order valence-electron chi connectivity index (χ4n) is 1.94. The molecule has 0 radical (unpaired) electrons. The van der Waals surface area contributed by atoms with Gasteiger partial charge < -0.3 is 10.1 Å². The van der Waals surface area contributed by atoms with Crippen molar-refractivity contribution in [2.45, 2.75) is 32.3 Å². The van der Waals surface area contributed by atoms with E-state index in [1.165, 1.54) is 12.0 Å². The second kappa shape index (κ2) is 6.77. The van der Waals surface area contributed by atoms with E-state index in [0.29, 0.717) is 6.10 Å². The highest BCUT2D eigenvalue weighted by atomic mass is 35.5. The van der Waals surface area contributed by atoms with Gasteiger partial charge in [0.2, 0.25) is 0 Å². The smallest absolute Gasteiger partial charge is 0.119 e. The van der Waals surface area contributed by atoms with Crippen molar-refractivity contribution in [1.29, 1.82) is 0 Å². The molecule has 90 valence electrons. The van der Waals surface area contributed by atoms with E-state index in [1.807, 2.05) is 0 Å². The molecule has 0 amide bonds. The van der Waals surface area contributed by atoms with Gasteiger partial charge in [-0.05, 0) is 37.1 Å². The highest BCUT2D eigenvalue weighted by Gasteiger charge is 2.15. The molecule has 0 aromatic heterocycles. The minimum atomic E-state index is 0. The average molecular weight is 242 g/mol. The van der Waals surface area contributed by atoms with E-state index in [4.69, 9.17) is 4.74 Å². The summed E-state index contributed by atoms with van der Waals surface area (Å²) in [6, 6.07) is 8.51. The quantitative estimate of drug-likeness (QED) is 0.876. The van der Waals surface area contributed by atoms with Crippen LogP contribution in [0.4, 0.5) is 0 Å². The van der Waals surface area contributed by atoms with Crippen molar-refractivity contribution in [3.8, 4) is 5.75 Å². The van der Waals surface area contributed by atoms with Crippen LogP contribution in [0.3, 0.4) is 0 Å². The number of aryl methyl sites for hydroxylation is 1. The van der Waals surface area contributed by atoms with Crippen molar-refractivity contribution in [1.82, 2.24) is 5.32 Å². The summed E-state index contributed by atoms with van der Waals surface area (Å²) in [4.78, 5) is 0. The van der Waals surface area contributed by atoms with Crippen molar-refractivity contribution >= 4 is 12.4 Å². The van der Waals surface area contributed by atoms with Gasteiger partial charge in [-0.15, -0.1) is 12.4 Å². The zero-order valence-corrected chi connectivity index (χ0v) is 10.6. The molecule has 16 heavy (non-hydrogen) atoms. The van der Waals surface area contributed by atoms with Crippen molar-refractivity contribution in [2.75, 3.05) is 13.1 Å². The maximum Gasteiger partial charge on any atom is 0.119 e. The van der Waals surface area contributed by atoms with E-state index in [1.54, 1.807) is 0 Å². The van der Waals surface area contributed by atoms with Crippen LogP contribution in [-0.2, 0) is 6.42 Å². The highest BCUT2D eigenvalue weighted by molar-refractivity contribution is 5.85. The summed E-state index contributed by atoms with van der Waals surface area (Å²) in [5, 5.41) is 3.30. The van der Waals surface area contributed by atoms with E-state index < -0.39 is 0 Å². The molecule has 1 aromatic carbocycles. The second-order valence-corrected chi connectivity index (χ2v) is 4.13. The summed E-state index contributed by atoms with van der Waals surface area (Å²) in [6.07, 6.45) is 3.84. The Balaban J connectivity index is 0.00000128. The Morgan fingerprint density at radius 2 is 2.06 bits per heavy atom. The maximum atomic E-state index is 5.85. The SMILES string of the molecule is CCCc1ccc(OC2CCNC2)cc1.Cl. The minimum Gasteiger partial charge on any atom is -0.489 e. The van der Waals surface area contributed by atoms with Crippen LogP contribution < -0.4 is 10.1 Å².